The van der Waals surface area contributed by atoms with E-state index < -0.39 is 25.3 Å². The van der Waals surface area contributed by atoms with Crippen molar-refractivity contribution in [2.45, 2.75) is 0 Å². The maximum absolute atomic E-state index is 9.78. The zero-order chi connectivity index (χ0) is 7.28. The van der Waals surface area contributed by atoms with E-state index in [2.05, 4.69) is 0 Å². The molecule has 0 atom stereocenters. The summed E-state index contributed by atoms with van der Waals surface area (Å²) in [7, 11) is 1.49. The number of rotatable bonds is 2. The summed E-state index contributed by atoms with van der Waals surface area (Å²) in [5, 5.41) is 14.1. The molecule has 0 aliphatic carbocycles. The monoisotopic (exact) mass is 218 g/mol. The first-order chi connectivity index (χ1) is 4.13. The fraction of sp³-hybridized carbons (Fsp3) is 0. The van der Waals surface area contributed by atoms with E-state index in [1.165, 1.54) is 0 Å². The SMILES string of the molecule is O=C(O)[S][Zn][S]C(=O)O. The summed E-state index contributed by atoms with van der Waals surface area (Å²) >= 11 is -1.43. The molecule has 0 saturated carbocycles. The van der Waals surface area contributed by atoms with Gasteiger partial charge < -0.3 is 0 Å². The summed E-state index contributed by atoms with van der Waals surface area (Å²) in [6, 6.07) is 0. The number of hydrogen-bond acceptors (Lipinski definition) is 4. The van der Waals surface area contributed by atoms with Gasteiger partial charge in [0.2, 0.25) is 0 Å². The molecule has 0 radical (unpaired) electrons. The molecule has 48 valence electrons. The number of carboxylic acid groups (broad SMARTS) is 2. The van der Waals surface area contributed by atoms with Crippen LogP contribution in [-0.4, -0.2) is 20.8 Å². The standard InChI is InChI=1S/2CH2O2S.Zn/c2*2-1(3)4;/h2*4H,(H,2,3);/q;;+2/p-2. The van der Waals surface area contributed by atoms with Crippen molar-refractivity contribution in [3.63, 3.8) is 0 Å². The molecule has 0 rings (SSSR count). The molecular formula is C2H2O4S2Zn. The minimum absolute atomic E-state index is 0.746. The van der Waals surface area contributed by atoms with Gasteiger partial charge in [0.25, 0.3) is 0 Å². The van der Waals surface area contributed by atoms with Gasteiger partial charge in [-0.1, -0.05) is 0 Å². The van der Waals surface area contributed by atoms with Crippen molar-refractivity contribution in [2.75, 3.05) is 0 Å². The predicted molar refractivity (Wildman–Crippen MR) is 31.2 cm³/mol. The molecule has 0 aromatic carbocycles. The molecule has 0 aliphatic rings. The normalized spacial score (nSPS) is 8.00. The molecule has 7 heteroatoms. The molecule has 0 aromatic rings. The molecule has 0 aromatic heterocycles. The third kappa shape index (κ3) is 8.26. The Kier molecular flexibility index (Phi) is 5.23. The van der Waals surface area contributed by atoms with E-state index in [9.17, 15) is 9.59 Å². The van der Waals surface area contributed by atoms with Crippen LogP contribution in [0.25, 0.3) is 0 Å². The van der Waals surface area contributed by atoms with Crippen molar-refractivity contribution in [1.29, 1.82) is 0 Å². The Morgan fingerprint density at radius 2 is 1.44 bits per heavy atom. The van der Waals surface area contributed by atoms with Gasteiger partial charge in [-0.3, -0.25) is 0 Å². The van der Waals surface area contributed by atoms with Crippen molar-refractivity contribution in [3.8, 4) is 0 Å². The van der Waals surface area contributed by atoms with E-state index in [-0.39, 0.29) is 0 Å². The predicted octanol–water partition coefficient (Wildman–Crippen LogP) is 1.72. The van der Waals surface area contributed by atoms with E-state index in [0.717, 1.165) is 19.5 Å². The van der Waals surface area contributed by atoms with Gasteiger partial charge >= 0.3 is 64.6 Å². The van der Waals surface area contributed by atoms with Crippen molar-refractivity contribution in [1.82, 2.24) is 0 Å². The second kappa shape index (κ2) is 5.08. The van der Waals surface area contributed by atoms with Crippen LogP contribution in [-0.2, 0) is 14.7 Å². The van der Waals surface area contributed by atoms with E-state index in [1.807, 2.05) is 0 Å². The van der Waals surface area contributed by atoms with E-state index in [4.69, 9.17) is 10.2 Å². The second-order valence-electron chi connectivity index (χ2n) is 0.938. The molecule has 2 N–H and O–H groups in total. The van der Waals surface area contributed by atoms with Gasteiger partial charge in [-0.2, -0.15) is 0 Å². The summed E-state index contributed by atoms with van der Waals surface area (Å²) < 4.78 is 0. The van der Waals surface area contributed by atoms with Crippen molar-refractivity contribution >= 4 is 30.1 Å². The number of carbonyl (C=O) groups is 2. The average molecular weight is 220 g/mol. The molecule has 0 bridgehead atoms. The topological polar surface area (TPSA) is 74.6 Å². The van der Waals surface area contributed by atoms with Gasteiger partial charge in [0.05, 0.1) is 0 Å². The van der Waals surface area contributed by atoms with Crippen LogP contribution in [0.3, 0.4) is 0 Å². The van der Waals surface area contributed by atoms with E-state index in [0.29, 0.717) is 0 Å². The Morgan fingerprint density at radius 1 is 1.11 bits per heavy atom. The Morgan fingerprint density at radius 3 is 1.67 bits per heavy atom. The first kappa shape index (κ1) is 9.26. The van der Waals surface area contributed by atoms with Crippen LogP contribution in [0.5, 0.6) is 0 Å². The Bertz CT molecular complexity index is 112. The van der Waals surface area contributed by atoms with Gasteiger partial charge in [0, 0.05) is 0 Å². The van der Waals surface area contributed by atoms with Crippen molar-refractivity contribution in [2.24, 2.45) is 0 Å². The van der Waals surface area contributed by atoms with Crippen LogP contribution < -0.4 is 0 Å². The van der Waals surface area contributed by atoms with E-state index >= 15 is 0 Å². The van der Waals surface area contributed by atoms with Gasteiger partial charge in [-0.25, -0.2) is 0 Å². The number of hydrogen-bond donors (Lipinski definition) is 2. The first-order valence-electron chi connectivity index (χ1n) is 1.84. The summed E-state index contributed by atoms with van der Waals surface area (Å²) in [6.45, 7) is 0. The molecule has 0 aliphatic heterocycles. The zero-order valence-electron chi connectivity index (χ0n) is 4.23. The molecule has 0 spiro atoms. The molecule has 0 fully saturated rings. The van der Waals surface area contributed by atoms with Crippen molar-refractivity contribution < 1.29 is 34.5 Å². The summed E-state index contributed by atoms with van der Waals surface area (Å²) in [4.78, 5) is 19.6. The Balaban J connectivity index is 3.10. The van der Waals surface area contributed by atoms with Gasteiger partial charge in [-0.15, -0.1) is 0 Å². The maximum atomic E-state index is 9.78. The third-order valence-electron chi connectivity index (χ3n) is 0.365. The summed E-state index contributed by atoms with van der Waals surface area (Å²) in [6.07, 6.45) is 0. The van der Waals surface area contributed by atoms with Crippen molar-refractivity contribution in [3.05, 3.63) is 0 Å². The molecular weight excluding hydrogens is 218 g/mol. The quantitative estimate of drug-likeness (QED) is 0.689. The molecule has 0 unspecified atom stereocenters. The molecule has 0 saturated heterocycles. The van der Waals surface area contributed by atoms with Crippen LogP contribution >= 0.6 is 19.5 Å². The summed E-state index contributed by atoms with van der Waals surface area (Å²) in [5.74, 6) is 0. The molecule has 4 nitrogen and oxygen atoms in total. The fourth-order valence-electron chi connectivity index (χ4n) is 0.130. The Hall–Kier alpha value is 0.263. The second-order valence-corrected chi connectivity index (χ2v) is 11.2. The molecule has 0 heterocycles. The third-order valence-corrected chi connectivity index (χ3v) is 9.36. The fourth-order valence-corrected chi connectivity index (χ4v) is 6.09. The van der Waals surface area contributed by atoms with Crippen LogP contribution in [0.2, 0.25) is 0 Å². The van der Waals surface area contributed by atoms with Crippen LogP contribution in [0, 0.1) is 0 Å². The minimum atomic E-state index is -1.43. The van der Waals surface area contributed by atoms with Gasteiger partial charge in [0.1, 0.15) is 0 Å². The van der Waals surface area contributed by atoms with Gasteiger partial charge in [0.15, 0.2) is 0 Å². The Labute approximate surface area is 64.7 Å². The van der Waals surface area contributed by atoms with Crippen LogP contribution in [0.4, 0.5) is 9.59 Å². The average Bonchev–Trinajstić information content (AvgIpc) is 1.63. The zero-order valence-corrected chi connectivity index (χ0v) is 8.83. The summed E-state index contributed by atoms with van der Waals surface area (Å²) in [5.41, 5.74) is 0. The van der Waals surface area contributed by atoms with E-state index in [1.54, 1.807) is 0 Å². The van der Waals surface area contributed by atoms with Crippen LogP contribution in [0.15, 0.2) is 0 Å². The molecule has 0 amide bonds. The van der Waals surface area contributed by atoms with Crippen LogP contribution in [0.1, 0.15) is 0 Å². The van der Waals surface area contributed by atoms with Gasteiger partial charge in [-0.05, 0) is 0 Å². The molecule has 9 heavy (non-hydrogen) atoms. The first-order valence-corrected chi connectivity index (χ1v) is 11.1.